The van der Waals surface area contributed by atoms with E-state index < -0.39 is 6.29 Å². The topological polar surface area (TPSA) is 47.9 Å². The molecule has 4 nitrogen and oxygen atoms in total. The molecule has 0 spiro atoms. The smallest absolute Gasteiger partial charge is 0.186 e. The molecule has 0 saturated heterocycles. The molecular formula is C30H26O4. The molecule has 0 aliphatic heterocycles. The maximum absolute atomic E-state index is 11.6. The van der Waals surface area contributed by atoms with Gasteiger partial charge in [0, 0.05) is 25.3 Å². The Morgan fingerprint density at radius 3 is 2.00 bits per heavy atom. The van der Waals surface area contributed by atoms with E-state index in [-0.39, 0.29) is 5.75 Å². The van der Waals surface area contributed by atoms with E-state index in [4.69, 9.17) is 14.2 Å². The van der Waals surface area contributed by atoms with Crippen LogP contribution in [-0.2, 0) is 16.1 Å². The quantitative estimate of drug-likeness (QED) is 0.266. The third kappa shape index (κ3) is 3.98. The van der Waals surface area contributed by atoms with Gasteiger partial charge in [0.15, 0.2) is 6.29 Å². The second-order valence-corrected chi connectivity index (χ2v) is 8.15. The minimum atomic E-state index is -0.702. The first-order chi connectivity index (χ1) is 16.7. The van der Waals surface area contributed by atoms with Crippen molar-refractivity contribution in [3.8, 4) is 22.6 Å². The molecule has 4 heteroatoms. The highest BCUT2D eigenvalue weighted by Crippen LogP contribution is 2.48. The van der Waals surface area contributed by atoms with Crippen LogP contribution in [0.25, 0.3) is 32.7 Å². The van der Waals surface area contributed by atoms with Crippen LogP contribution in [0.15, 0.2) is 97.1 Å². The van der Waals surface area contributed by atoms with Gasteiger partial charge < -0.3 is 19.3 Å². The molecule has 5 aromatic rings. The van der Waals surface area contributed by atoms with E-state index in [0.717, 1.165) is 32.7 Å². The summed E-state index contributed by atoms with van der Waals surface area (Å²) in [5.41, 5.74) is 3.19. The highest BCUT2D eigenvalue weighted by atomic mass is 16.7. The number of methoxy groups -OCH3 is 2. The summed E-state index contributed by atoms with van der Waals surface area (Å²) in [5, 5.41) is 15.6. The zero-order valence-electron chi connectivity index (χ0n) is 19.2. The Morgan fingerprint density at radius 1 is 0.676 bits per heavy atom. The predicted octanol–water partition coefficient (Wildman–Crippen LogP) is 7.24. The van der Waals surface area contributed by atoms with E-state index in [9.17, 15) is 5.11 Å². The van der Waals surface area contributed by atoms with Gasteiger partial charge in [-0.2, -0.15) is 0 Å². The van der Waals surface area contributed by atoms with Crippen molar-refractivity contribution in [1.29, 1.82) is 0 Å². The molecule has 170 valence electrons. The monoisotopic (exact) mass is 450 g/mol. The minimum Gasteiger partial charge on any atom is -0.507 e. The number of rotatable bonds is 7. The van der Waals surface area contributed by atoms with Crippen molar-refractivity contribution in [1.82, 2.24) is 0 Å². The summed E-state index contributed by atoms with van der Waals surface area (Å²) >= 11 is 0. The summed E-state index contributed by atoms with van der Waals surface area (Å²) in [6.45, 7) is 0.420. The lowest BCUT2D eigenvalue weighted by Gasteiger charge is -2.22. The summed E-state index contributed by atoms with van der Waals surface area (Å²) in [6, 6.07) is 32.2. The third-order valence-electron chi connectivity index (χ3n) is 6.11. The molecule has 0 fully saturated rings. The molecule has 0 saturated carbocycles. The van der Waals surface area contributed by atoms with Crippen LogP contribution < -0.4 is 4.74 Å². The van der Waals surface area contributed by atoms with E-state index in [1.165, 1.54) is 0 Å². The molecule has 1 N–H and O–H groups in total. The van der Waals surface area contributed by atoms with Crippen LogP contribution in [0.4, 0.5) is 0 Å². The Balaban J connectivity index is 1.79. The highest BCUT2D eigenvalue weighted by molar-refractivity contribution is 6.10. The van der Waals surface area contributed by atoms with Gasteiger partial charge in [-0.15, -0.1) is 0 Å². The average Bonchev–Trinajstić information content (AvgIpc) is 2.89. The Kier molecular flexibility index (Phi) is 6.17. The van der Waals surface area contributed by atoms with Gasteiger partial charge in [-0.25, -0.2) is 0 Å². The van der Waals surface area contributed by atoms with E-state index in [1.54, 1.807) is 14.2 Å². The van der Waals surface area contributed by atoms with Crippen LogP contribution >= 0.6 is 0 Å². The van der Waals surface area contributed by atoms with E-state index in [1.807, 2.05) is 78.9 Å². The molecule has 0 aromatic heterocycles. The first-order valence-corrected chi connectivity index (χ1v) is 11.2. The van der Waals surface area contributed by atoms with Crippen LogP contribution in [0.5, 0.6) is 11.5 Å². The lowest BCUT2D eigenvalue weighted by Crippen LogP contribution is -2.05. The molecule has 0 amide bonds. The zero-order chi connectivity index (χ0) is 23.5. The fourth-order valence-corrected chi connectivity index (χ4v) is 4.51. The van der Waals surface area contributed by atoms with Crippen LogP contribution in [0.2, 0.25) is 0 Å². The van der Waals surface area contributed by atoms with E-state index in [0.29, 0.717) is 23.5 Å². The van der Waals surface area contributed by atoms with Crippen molar-refractivity contribution in [3.05, 3.63) is 108 Å². The zero-order valence-corrected chi connectivity index (χ0v) is 19.2. The highest BCUT2D eigenvalue weighted by Gasteiger charge is 2.24. The summed E-state index contributed by atoms with van der Waals surface area (Å²) in [4.78, 5) is 0. The van der Waals surface area contributed by atoms with Crippen LogP contribution in [0.1, 0.15) is 17.4 Å². The molecule has 0 aliphatic rings. The van der Waals surface area contributed by atoms with Gasteiger partial charge in [0.25, 0.3) is 0 Å². The van der Waals surface area contributed by atoms with Crippen molar-refractivity contribution in [3.63, 3.8) is 0 Å². The second-order valence-electron chi connectivity index (χ2n) is 8.15. The Bertz CT molecular complexity index is 1440. The maximum atomic E-state index is 11.6. The van der Waals surface area contributed by atoms with Crippen LogP contribution in [0.3, 0.4) is 0 Å². The molecular weight excluding hydrogens is 424 g/mol. The summed E-state index contributed by atoms with van der Waals surface area (Å²) in [5.74, 6) is 0.819. The number of phenolic OH excluding ortho intramolecular Hbond substituents is 1. The fraction of sp³-hybridized carbons (Fsp3) is 0.133. The van der Waals surface area contributed by atoms with Crippen molar-refractivity contribution in [2.45, 2.75) is 12.9 Å². The predicted molar refractivity (Wildman–Crippen MR) is 136 cm³/mol. The van der Waals surface area contributed by atoms with Gasteiger partial charge in [-0.3, -0.25) is 0 Å². The van der Waals surface area contributed by atoms with Crippen molar-refractivity contribution in [2.24, 2.45) is 0 Å². The van der Waals surface area contributed by atoms with E-state index in [2.05, 4.69) is 18.2 Å². The van der Waals surface area contributed by atoms with E-state index >= 15 is 0 Å². The largest absolute Gasteiger partial charge is 0.507 e. The first kappa shape index (κ1) is 22.0. The molecule has 0 aliphatic carbocycles. The first-order valence-electron chi connectivity index (χ1n) is 11.2. The summed E-state index contributed by atoms with van der Waals surface area (Å²) < 4.78 is 17.4. The lowest BCUT2D eigenvalue weighted by atomic mass is 9.90. The molecule has 0 bridgehead atoms. The van der Waals surface area contributed by atoms with Crippen molar-refractivity contribution < 1.29 is 19.3 Å². The minimum absolute atomic E-state index is 0.119. The standard InChI is InChI=1S/C30H26O4/c1-32-30(33-2)25-18-22-13-7-9-15-24(22)28(29(25)31)27-23-14-8-6-12-21(23)16-17-26(27)34-19-20-10-4-3-5-11-20/h3-18,30-31H,19H2,1-2H3. The fourth-order valence-electron chi connectivity index (χ4n) is 4.51. The lowest BCUT2D eigenvalue weighted by molar-refractivity contribution is -0.106. The number of ether oxygens (including phenoxy) is 3. The number of hydrogen-bond acceptors (Lipinski definition) is 4. The van der Waals surface area contributed by atoms with Crippen LogP contribution in [-0.4, -0.2) is 19.3 Å². The molecule has 5 aromatic carbocycles. The van der Waals surface area contributed by atoms with Crippen LogP contribution in [0, 0.1) is 0 Å². The second kappa shape index (κ2) is 9.56. The Labute approximate surface area is 199 Å². The molecule has 34 heavy (non-hydrogen) atoms. The number of phenols is 1. The van der Waals surface area contributed by atoms with Gasteiger partial charge in [0.2, 0.25) is 0 Å². The Hall–Kier alpha value is -3.86. The average molecular weight is 451 g/mol. The molecule has 0 heterocycles. The SMILES string of the molecule is COC(OC)c1cc2ccccc2c(-c2c(OCc3ccccc3)ccc3ccccc23)c1O. The number of hydrogen-bond donors (Lipinski definition) is 1. The molecule has 0 unspecified atom stereocenters. The van der Waals surface area contributed by atoms with Gasteiger partial charge >= 0.3 is 0 Å². The Morgan fingerprint density at radius 2 is 1.29 bits per heavy atom. The molecule has 0 radical (unpaired) electrons. The summed E-state index contributed by atoms with van der Waals surface area (Å²) in [6.07, 6.45) is -0.702. The van der Waals surface area contributed by atoms with Gasteiger partial charge in [0.1, 0.15) is 18.1 Å². The maximum Gasteiger partial charge on any atom is 0.186 e. The van der Waals surface area contributed by atoms with Crippen molar-refractivity contribution in [2.75, 3.05) is 14.2 Å². The molecule has 5 rings (SSSR count). The number of aromatic hydroxyl groups is 1. The summed E-state index contributed by atoms with van der Waals surface area (Å²) in [7, 11) is 3.13. The van der Waals surface area contributed by atoms with Gasteiger partial charge in [0.05, 0.1) is 5.56 Å². The number of fused-ring (bicyclic) bond motifs is 2. The number of benzene rings is 5. The normalized spacial score (nSPS) is 11.4. The van der Waals surface area contributed by atoms with Gasteiger partial charge in [-0.1, -0.05) is 84.9 Å². The third-order valence-corrected chi connectivity index (χ3v) is 6.11. The van der Waals surface area contributed by atoms with Gasteiger partial charge in [-0.05, 0) is 39.2 Å². The van der Waals surface area contributed by atoms with Crippen molar-refractivity contribution >= 4 is 21.5 Å². The molecule has 0 atom stereocenters.